The fourth-order valence-electron chi connectivity index (χ4n) is 1.35. The number of non-ortho nitro benzene ring substituents is 1. The van der Waals surface area contributed by atoms with Gasteiger partial charge in [-0.1, -0.05) is 0 Å². The number of benzene rings is 1. The van der Waals surface area contributed by atoms with Gasteiger partial charge in [0.25, 0.3) is 5.69 Å². The van der Waals surface area contributed by atoms with Crippen LogP contribution in [-0.2, 0) is 6.61 Å². The number of aromatic nitrogens is 1. The molecular formula is C12H9BrN2O3. The van der Waals surface area contributed by atoms with Gasteiger partial charge in [0.15, 0.2) is 5.75 Å². The van der Waals surface area contributed by atoms with Crippen molar-refractivity contribution < 1.29 is 9.66 Å². The first kappa shape index (κ1) is 12.5. The first-order valence-electron chi connectivity index (χ1n) is 5.13. The van der Waals surface area contributed by atoms with E-state index in [9.17, 15) is 10.1 Å². The summed E-state index contributed by atoms with van der Waals surface area (Å²) in [5, 5.41) is 10.5. The second kappa shape index (κ2) is 5.59. The Kier molecular flexibility index (Phi) is 3.88. The van der Waals surface area contributed by atoms with Gasteiger partial charge in [-0.05, 0) is 45.8 Å². The van der Waals surface area contributed by atoms with Crippen molar-refractivity contribution in [2.24, 2.45) is 0 Å². The van der Waals surface area contributed by atoms with Crippen LogP contribution in [0.3, 0.4) is 0 Å². The predicted octanol–water partition coefficient (Wildman–Crippen LogP) is 3.33. The molecule has 92 valence electrons. The minimum absolute atomic E-state index is 0.0707. The Morgan fingerprint density at radius 3 is 2.61 bits per heavy atom. The highest BCUT2D eigenvalue weighted by molar-refractivity contribution is 9.10. The number of hydrogen-bond acceptors (Lipinski definition) is 4. The van der Waals surface area contributed by atoms with Crippen LogP contribution in [0.2, 0.25) is 0 Å². The zero-order chi connectivity index (χ0) is 13.0. The van der Waals surface area contributed by atoms with Gasteiger partial charge >= 0.3 is 0 Å². The molecule has 5 nitrogen and oxygen atoms in total. The molecule has 0 fully saturated rings. The summed E-state index contributed by atoms with van der Waals surface area (Å²) in [5.74, 6) is 0.635. The average molecular weight is 309 g/mol. The lowest BCUT2D eigenvalue weighted by atomic mass is 10.2. The molecule has 1 heterocycles. The summed E-state index contributed by atoms with van der Waals surface area (Å²) in [6.45, 7) is 0.336. The van der Waals surface area contributed by atoms with Gasteiger partial charge in [0.2, 0.25) is 0 Å². The molecule has 1 aromatic carbocycles. The summed E-state index contributed by atoms with van der Waals surface area (Å²) in [6, 6.07) is 9.82. The lowest BCUT2D eigenvalue weighted by molar-refractivity contribution is -0.384. The molecule has 0 aliphatic heterocycles. The minimum atomic E-state index is -0.428. The Morgan fingerprint density at radius 2 is 2.00 bits per heavy atom. The predicted molar refractivity (Wildman–Crippen MR) is 69.4 cm³/mol. The molecular weight excluding hydrogens is 300 g/mol. The number of nitrogens with zero attached hydrogens (tertiary/aromatic N) is 2. The highest BCUT2D eigenvalue weighted by atomic mass is 79.9. The number of ether oxygens (including phenoxy) is 1. The third-order valence-corrected chi connectivity index (χ3v) is 2.86. The zero-order valence-electron chi connectivity index (χ0n) is 9.25. The SMILES string of the molecule is O=[N+]([O-])c1ccc(COc2cccnc2Br)cc1. The highest BCUT2D eigenvalue weighted by Crippen LogP contribution is 2.22. The van der Waals surface area contributed by atoms with Crippen LogP contribution in [0, 0.1) is 10.1 Å². The second-order valence-electron chi connectivity index (χ2n) is 3.50. The maximum Gasteiger partial charge on any atom is 0.269 e. The van der Waals surface area contributed by atoms with Crippen molar-refractivity contribution in [3.05, 3.63) is 62.9 Å². The smallest absolute Gasteiger partial charge is 0.269 e. The number of halogens is 1. The third kappa shape index (κ3) is 3.04. The lowest BCUT2D eigenvalue weighted by Crippen LogP contribution is -1.97. The van der Waals surface area contributed by atoms with Gasteiger partial charge < -0.3 is 4.74 Å². The average Bonchev–Trinajstić information content (AvgIpc) is 2.38. The fourth-order valence-corrected chi connectivity index (χ4v) is 1.72. The van der Waals surface area contributed by atoms with E-state index in [0.29, 0.717) is 17.0 Å². The van der Waals surface area contributed by atoms with Crippen molar-refractivity contribution >= 4 is 21.6 Å². The van der Waals surface area contributed by atoms with E-state index in [1.165, 1.54) is 12.1 Å². The molecule has 2 aromatic rings. The third-order valence-electron chi connectivity index (χ3n) is 2.27. The summed E-state index contributed by atoms with van der Waals surface area (Å²) in [4.78, 5) is 14.1. The molecule has 0 aliphatic carbocycles. The first-order valence-corrected chi connectivity index (χ1v) is 5.93. The topological polar surface area (TPSA) is 65.3 Å². The Morgan fingerprint density at radius 1 is 1.28 bits per heavy atom. The standard InChI is InChI=1S/C12H9BrN2O3/c13-12-11(2-1-7-14-12)18-8-9-3-5-10(6-4-9)15(16)17/h1-7H,8H2. The number of hydrogen-bond donors (Lipinski definition) is 0. The van der Waals surface area contributed by atoms with E-state index in [0.717, 1.165) is 5.56 Å². The van der Waals surface area contributed by atoms with Crippen LogP contribution in [0.25, 0.3) is 0 Å². The van der Waals surface area contributed by atoms with Gasteiger partial charge in [-0.15, -0.1) is 0 Å². The highest BCUT2D eigenvalue weighted by Gasteiger charge is 2.05. The maximum absolute atomic E-state index is 10.5. The Balaban J connectivity index is 2.02. The molecule has 0 aliphatic rings. The van der Waals surface area contributed by atoms with Gasteiger partial charge in [0.1, 0.15) is 11.2 Å². The molecule has 0 radical (unpaired) electrons. The molecule has 0 unspecified atom stereocenters. The van der Waals surface area contributed by atoms with Gasteiger partial charge in [-0.2, -0.15) is 0 Å². The number of nitro benzene ring substituents is 1. The van der Waals surface area contributed by atoms with Crippen LogP contribution >= 0.6 is 15.9 Å². The van der Waals surface area contributed by atoms with E-state index < -0.39 is 4.92 Å². The largest absolute Gasteiger partial charge is 0.486 e. The monoisotopic (exact) mass is 308 g/mol. The number of rotatable bonds is 4. The minimum Gasteiger partial charge on any atom is -0.486 e. The Labute approximate surface area is 112 Å². The Hall–Kier alpha value is -1.95. The maximum atomic E-state index is 10.5. The molecule has 0 atom stereocenters. The molecule has 2 rings (SSSR count). The molecule has 0 spiro atoms. The van der Waals surface area contributed by atoms with Crippen LogP contribution in [0.1, 0.15) is 5.56 Å². The number of pyridine rings is 1. The van der Waals surface area contributed by atoms with Crippen LogP contribution in [0.5, 0.6) is 5.75 Å². The van der Waals surface area contributed by atoms with Crippen molar-refractivity contribution in [1.82, 2.24) is 4.98 Å². The second-order valence-corrected chi connectivity index (χ2v) is 4.26. The van der Waals surface area contributed by atoms with E-state index in [2.05, 4.69) is 20.9 Å². The van der Waals surface area contributed by atoms with Gasteiger partial charge in [-0.25, -0.2) is 4.98 Å². The molecule has 1 aromatic heterocycles. The van der Waals surface area contributed by atoms with Crippen molar-refractivity contribution in [3.63, 3.8) is 0 Å². The first-order chi connectivity index (χ1) is 8.66. The van der Waals surface area contributed by atoms with Gasteiger partial charge in [0, 0.05) is 18.3 Å². The van der Waals surface area contributed by atoms with E-state index in [1.807, 2.05) is 0 Å². The summed E-state index contributed by atoms with van der Waals surface area (Å²) in [7, 11) is 0. The van der Waals surface area contributed by atoms with E-state index in [4.69, 9.17) is 4.74 Å². The molecule has 6 heteroatoms. The fraction of sp³-hybridized carbons (Fsp3) is 0.0833. The van der Waals surface area contributed by atoms with E-state index in [1.54, 1.807) is 30.5 Å². The normalized spacial score (nSPS) is 10.1. The molecule has 0 saturated carbocycles. The van der Waals surface area contributed by atoms with E-state index in [-0.39, 0.29) is 5.69 Å². The summed E-state index contributed by atoms with van der Waals surface area (Å²) < 4.78 is 6.18. The Bertz CT molecular complexity index is 558. The van der Waals surface area contributed by atoms with Gasteiger partial charge in [-0.3, -0.25) is 10.1 Å². The van der Waals surface area contributed by atoms with Gasteiger partial charge in [0.05, 0.1) is 4.92 Å². The van der Waals surface area contributed by atoms with Crippen molar-refractivity contribution in [2.75, 3.05) is 0 Å². The van der Waals surface area contributed by atoms with E-state index >= 15 is 0 Å². The van der Waals surface area contributed by atoms with Crippen LogP contribution in [0.15, 0.2) is 47.2 Å². The summed E-state index contributed by atoms with van der Waals surface area (Å²) >= 11 is 3.28. The summed E-state index contributed by atoms with van der Waals surface area (Å²) in [6.07, 6.45) is 1.66. The van der Waals surface area contributed by atoms with Crippen molar-refractivity contribution in [2.45, 2.75) is 6.61 Å². The van der Waals surface area contributed by atoms with Crippen molar-refractivity contribution in [1.29, 1.82) is 0 Å². The molecule has 0 bridgehead atoms. The lowest BCUT2D eigenvalue weighted by Gasteiger charge is -2.06. The zero-order valence-corrected chi connectivity index (χ0v) is 10.8. The van der Waals surface area contributed by atoms with Crippen LogP contribution in [-0.4, -0.2) is 9.91 Å². The summed E-state index contributed by atoms with van der Waals surface area (Å²) in [5.41, 5.74) is 0.928. The quantitative estimate of drug-likeness (QED) is 0.493. The van der Waals surface area contributed by atoms with Crippen LogP contribution in [0.4, 0.5) is 5.69 Å². The molecule has 0 saturated heterocycles. The molecule has 0 amide bonds. The van der Waals surface area contributed by atoms with Crippen LogP contribution < -0.4 is 4.74 Å². The van der Waals surface area contributed by atoms with Crippen molar-refractivity contribution in [3.8, 4) is 5.75 Å². The number of nitro groups is 1. The molecule has 18 heavy (non-hydrogen) atoms. The molecule has 0 N–H and O–H groups in total.